The molecule has 4 aromatic rings. The number of amides is 1. The minimum atomic E-state index is -3.70. The van der Waals surface area contributed by atoms with Crippen LogP contribution in [0.5, 0.6) is 5.75 Å². The van der Waals surface area contributed by atoms with E-state index < -0.39 is 9.84 Å². The standard InChI is InChI=1S/C25H20N2O4S/c1-31-22-9-5-20-16-24(10-6-19(20)15-22)32(29,30)23-11-7-21(8-12-23)27-25(28)13-4-18-3-2-14-26-17-18/h2-17H,1H3,(H,27,28). The van der Waals surface area contributed by atoms with Crippen molar-refractivity contribution in [2.45, 2.75) is 9.79 Å². The van der Waals surface area contributed by atoms with Crippen LogP contribution in [-0.4, -0.2) is 26.4 Å². The van der Waals surface area contributed by atoms with Crippen molar-refractivity contribution in [1.82, 2.24) is 4.98 Å². The summed E-state index contributed by atoms with van der Waals surface area (Å²) in [7, 11) is -2.12. The van der Waals surface area contributed by atoms with Crippen LogP contribution >= 0.6 is 0 Å². The monoisotopic (exact) mass is 444 g/mol. The van der Waals surface area contributed by atoms with Gasteiger partial charge in [-0.05, 0) is 77.0 Å². The number of hydrogen-bond donors (Lipinski definition) is 1. The first-order chi connectivity index (χ1) is 15.5. The quantitative estimate of drug-likeness (QED) is 0.435. The van der Waals surface area contributed by atoms with E-state index in [0.29, 0.717) is 11.4 Å². The fraction of sp³-hybridized carbons (Fsp3) is 0.0400. The average molecular weight is 445 g/mol. The van der Waals surface area contributed by atoms with Gasteiger partial charge in [0.05, 0.1) is 16.9 Å². The third-order valence-corrected chi connectivity index (χ3v) is 6.64. The number of carbonyl (C=O) groups excluding carboxylic acids is 1. The lowest BCUT2D eigenvalue weighted by atomic mass is 10.1. The van der Waals surface area contributed by atoms with E-state index in [0.717, 1.165) is 16.3 Å². The molecule has 0 saturated heterocycles. The van der Waals surface area contributed by atoms with Crippen molar-refractivity contribution < 1.29 is 17.9 Å². The van der Waals surface area contributed by atoms with Gasteiger partial charge in [0.1, 0.15) is 5.75 Å². The van der Waals surface area contributed by atoms with Gasteiger partial charge in [-0.15, -0.1) is 0 Å². The number of benzene rings is 3. The summed E-state index contributed by atoms with van der Waals surface area (Å²) in [4.78, 5) is 16.4. The molecule has 0 atom stereocenters. The largest absolute Gasteiger partial charge is 0.497 e. The van der Waals surface area contributed by atoms with Crippen LogP contribution in [0.3, 0.4) is 0 Å². The molecule has 6 nitrogen and oxygen atoms in total. The maximum absolute atomic E-state index is 13.1. The molecular formula is C25H20N2O4S. The van der Waals surface area contributed by atoms with Crippen LogP contribution in [0.1, 0.15) is 5.56 Å². The first-order valence-electron chi connectivity index (χ1n) is 9.78. The van der Waals surface area contributed by atoms with Gasteiger partial charge in [0.2, 0.25) is 15.7 Å². The molecule has 0 spiro atoms. The normalized spacial score (nSPS) is 11.5. The lowest BCUT2D eigenvalue weighted by molar-refractivity contribution is -0.111. The first kappa shape index (κ1) is 21.3. The van der Waals surface area contributed by atoms with Crippen molar-refractivity contribution in [3.8, 4) is 5.75 Å². The van der Waals surface area contributed by atoms with Crippen LogP contribution < -0.4 is 10.1 Å². The highest BCUT2D eigenvalue weighted by molar-refractivity contribution is 7.91. The summed E-state index contributed by atoms with van der Waals surface area (Å²) in [5.74, 6) is 0.385. The predicted molar refractivity (Wildman–Crippen MR) is 124 cm³/mol. The van der Waals surface area contributed by atoms with Crippen LogP contribution in [0.2, 0.25) is 0 Å². The second-order valence-electron chi connectivity index (χ2n) is 7.01. The second-order valence-corrected chi connectivity index (χ2v) is 8.96. The predicted octanol–water partition coefficient (Wildman–Crippen LogP) is 4.73. The Hall–Kier alpha value is -3.97. The van der Waals surface area contributed by atoms with Crippen molar-refractivity contribution in [3.63, 3.8) is 0 Å². The molecule has 0 saturated carbocycles. The average Bonchev–Trinajstić information content (AvgIpc) is 2.83. The van der Waals surface area contributed by atoms with Gasteiger partial charge in [-0.2, -0.15) is 0 Å². The lowest BCUT2D eigenvalue weighted by Crippen LogP contribution is -2.08. The van der Waals surface area contributed by atoms with Crippen molar-refractivity contribution in [1.29, 1.82) is 0 Å². The van der Waals surface area contributed by atoms with Crippen molar-refractivity contribution in [2.24, 2.45) is 0 Å². The number of methoxy groups -OCH3 is 1. The minimum Gasteiger partial charge on any atom is -0.497 e. The zero-order chi connectivity index (χ0) is 22.6. The number of rotatable bonds is 6. The number of carbonyl (C=O) groups is 1. The van der Waals surface area contributed by atoms with Gasteiger partial charge >= 0.3 is 0 Å². The summed E-state index contributed by atoms with van der Waals surface area (Å²) in [5, 5.41) is 4.40. The Labute approximate surface area is 186 Å². The second kappa shape index (κ2) is 9.03. The molecular weight excluding hydrogens is 424 g/mol. The smallest absolute Gasteiger partial charge is 0.248 e. The molecule has 4 rings (SSSR count). The van der Waals surface area contributed by atoms with Crippen LogP contribution in [0.4, 0.5) is 5.69 Å². The maximum Gasteiger partial charge on any atom is 0.248 e. The molecule has 160 valence electrons. The molecule has 0 aliphatic heterocycles. The Kier molecular flexibility index (Phi) is 6.00. The van der Waals surface area contributed by atoms with Gasteiger partial charge in [-0.25, -0.2) is 8.42 Å². The topological polar surface area (TPSA) is 85.4 Å². The molecule has 0 bridgehead atoms. The van der Waals surface area contributed by atoms with Gasteiger partial charge in [0.15, 0.2) is 0 Å². The van der Waals surface area contributed by atoms with Gasteiger partial charge in [-0.3, -0.25) is 9.78 Å². The molecule has 1 aromatic heterocycles. The highest BCUT2D eigenvalue weighted by Crippen LogP contribution is 2.27. The third kappa shape index (κ3) is 4.68. The van der Waals surface area contributed by atoms with Gasteiger partial charge < -0.3 is 10.1 Å². The van der Waals surface area contributed by atoms with Crippen LogP contribution in [-0.2, 0) is 14.6 Å². The number of hydrogen-bond acceptors (Lipinski definition) is 5. The van der Waals surface area contributed by atoms with E-state index in [1.807, 2.05) is 18.2 Å². The third-order valence-electron chi connectivity index (χ3n) is 4.87. The van der Waals surface area contributed by atoms with E-state index >= 15 is 0 Å². The number of anilines is 1. The summed E-state index contributed by atoms with van der Waals surface area (Å²) in [6.07, 6.45) is 6.34. The SMILES string of the molecule is COc1ccc2cc(S(=O)(=O)c3ccc(NC(=O)C=Cc4cccnc4)cc3)ccc2c1. The molecule has 0 fully saturated rings. The summed E-state index contributed by atoms with van der Waals surface area (Å²) in [5.41, 5.74) is 1.30. The van der Waals surface area contributed by atoms with Crippen LogP contribution in [0.25, 0.3) is 16.8 Å². The van der Waals surface area contributed by atoms with Gasteiger partial charge in [-0.1, -0.05) is 18.2 Å². The molecule has 32 heavy (non-hydrogen) atoms. The Balaban J connectivity index is 1.51. The van der Waals surface area contributed by atoms with Crippen LogP contribution in [0.15, 0.2) is 101 Å². The fourth-order valence-electron chi connectivity index (χ4n) is 3.18. The number of aromatic nitrogens is 1. The van der Waals surface area contributed by atoms with Crippen molar-refractivity contribution in [2.75, 3.05) is 12.4 Å². The Morgan fingerprint density at radius 3 is 2.38 bits per heavy atom. The van der Waals surface area contributed by atoms with Crippen molar-refractivity contribution in [3.05, 3.63) is 96.8 Å². The van der Waals surface area contributed by atoms with Crippen molar-refractivity contribution >= 4 is 38.3 Å². The summed E-state index contributed by atoms with van der Waals surface area (Å²) < 4.78 is 31.3. The Morgan fingerprint density at radius 2 is 1.66 bits per heavy atom. The number of ether oxygens (including phenoxy) is 1. The molecule has 0 unspecified atom stereocenters. The van der Waals surface area contributed by atoms with E-state index in [1.54, 1.807) is 68.0 Å². The highest BCUT2D eigenvalue weighted by atomic mass is 32.2. The molecule has 0 aliphatic rings. The number of pyridine rings is 1. The number of nitrogens with one attached hydrogen (secondary N) is 1. The van der Waals surface area contributed by atoms with Crippen LogP contribution in [0, 0.1) is 0 Å². The van der Waals surface area contributed by atoms with E-state index in [9.17, 15) is 13.2 Å². The number of fused-ring (bicyclic) bond motifs is 1. The lowest BCUT2D eigenvalue weighted by Gasteiger charge is -2.08. The van der Waals surface area contributed by atoms with E-state index in [1.165, 1.54) is 18.2 Å². The van der Waals surface area contributed by atoms with Gasteiger partial charge in [0, 0.05) is 24.2 Å². The Morgan fingerprint density at radius 1 is 0.938 bits per heavy atom. The first-order valence-corrected chi connectivity index (χ1v) is 11.3. The van der Waals surface area contributed by atoms with E-state index in [2.05, 4.69) is 10.3 Å². The highest BCUT2D eigenvalue weighted by Gasteiger charge is 2.18. The fourth-order valence-corrected chi connectivity index (χ4v) is 4.48. The Bertz CT molecular complexity index is 1400. The molecule has 7 heteroatoms. The molecule has 0 radical (unpaired) electrons. The van der Waals surface area contributed by atoms with Gasteiger partial charge in [0.25, 0.3) is 0 Å². The molecule has 3 aromatic carbocycles. The zero-order valence-electron chi connectivity index (χ0n) is 17.2. The zero-order valence-corrected chi connectivity index (χ0v) is 18.0. The number of nitrogens with zero attached hydrogens (tertiary/aromatic N) is 1. The molecule has 1 amide bonds. The van der Waals surface area contributed by atoms with E-state index in [-0.39, 0.29) is 15.7 Å². The molecule has 1 N–H and O–H groups in total. The maximum atomic E-state index is 13.1. The summed E-state index contributed by atoms with van der Waals surface area (Å²) >= 11 is 0. The molecule has 1 heterocycles. The summed E-state index contributed by atoms with van der Waals surface area (Å²) in [6.45, 7) is 0. The molecule has 0 aliphatic carbocycles. The number of sulfone groups is 1. The minimum absolute atomic E-state index is 0.147. The van der Waals surface area contributed by atoms with E-state index in [4.69, 9.17) is 4.74 Å². The summed E-state index contributed by atoms with van der Waals surface area (Å²) in [6, 6.07) is 20.1.